The van der Waals surface area contributed by atoms with Gasteiger partial charge in [0.25, 0.3) is 11.8 Å². The number of rotatable bonds is 6. The highest BCUT2D eigenvalue weighted by Gasteiger charge is 2.39. The van der Waals surface area contributed by atoms with E-state index in [2.05, 4.69) is 10.6 Å². The van der Waals surface area contributed by atoms with Crippen molar-refractivity contribution >= 4 is 23.4 Å². The lowest BCUT2D eigenvalue weighted by Crippen LogP contribution is -2.53. The van der Waals surface area contributed by atoms with Gasteiger partial charge in [-0.2, -0.15) is 0 Å². The predicted molar refractivity (Wildman–Crippen MR) is 149 cm³/mol. The lowest BCUT2D eigenvalue weighted by molar-refractivity contribution is -0.134. The van der Waals surface area contributed by atoms with Gasteiger partial charge in [-0.1, -0.05) is 18.2 Å². The zero-order valence-corrected chi connectivity index (χ0v) is 22.9. The molecule has 42 heavy (non-hydrogen) atoms. The van der Waals surface area contributed by atoms with Gasteiger partial charge in [-0.25, -0.2) is 4.39 Å². The minimum absolute atomic E-state index is 0.0951. The number of ether oxygens (including phenoxy) is 4. The Kier molecular flexibility index (Phi) is 7.66. The van der Waals surface area contributed by atoms with Gasteiger partial charge in [0.1, 0.15) is 24.3 Å². The van der Waals surface area contributed by atoms with Crippen LogP contribution in [0.15, 0.2) is 60.7 Å². The van der Waals surface area contributed by atoms with Crippen molar-refractivity contribution in [3.05, 3.63) is 83.2 Å². The SMILES string of the molecule is CN1C(=O)c2cc(NC(=O)c3ccccc3F)ccc2OC[C@@H]2O[C@@H](CC(=O)NCc3ccc4c(c3)OCO4)CC[C@@H]21. The first-order chi connectivity index (χ1) is 20.4. The van der Waals surface area contributed by atoms with E-state index in [0.717, 1.165) is 5.56 Å². The summed E-state index contributed by atoms with van der Waals surface area (Å²) in [6.45, 7) is 0.734. The lowest BCUT2D eigenvalue weighted by Gasteiger charge is -2.42. The van der Waals surface area contributed by atoms with Crippen LogP contribution in [0.1, 0.15) is 45.5 Å². The van der Waals surface area contributed by atoms with E-state index in [4.69, 9.17) is 18.9 Å². The summed E-state index contributed by atoms with van der Waals surface area (Å²) in [4.78, 5) is 40.4. The zero-order valence-electron chi connectivity index (χ0n) is 22.9. The molecule has 3 atom stereocenters. The predicted octanol–water partition coefficient (Wildman–Crippen LogP) is 3.89. The third-order valence-corrected chi connectivity index (χ3v) is 7.73. The van der Waals surface area contributed by atoms with Crippen LogP contribution in [0.4, 0.5) is 10.1 Å². The van der Waals surface area contributed by atoms with Crippen LogP contribution >= 0.6 is 0 Å². The smallest absolute Gasteiger partial charge is 0.258 e. The molecule has 1 fully saturated rings. The molecule has 3 aromatic rings. The molecule has 3 heterocycles. The Labute approximate surface area is 241 Å². The number of hydrogen-bond acceptors (Lipinski definition) is 7. The molecular formula is C31H30FN3O7. The van der Waals surface area contributed by atoms with E-state index in [1.807, 2.05) is 18.2 Å². The van der Waals surface area contributed by atoms with Crippen molar-refractivity contribution in [2.75, 3.05) is 25.8 Å². The van der Waals surface area contributed by atoms with Crippen LogP contribution in [0.25, 0.3) is 0 Å². The van der Waals surface area contributed by atoms with Gasteiger partial charge in [-0.15, -0.1) is 0 Å². The van der Waals surface area contributed by atoms with Gasteiger partial charge in [-0.3, -0.25) is 14.4 Å². The van der Waals surface area contributed by atoms with Crippen LogP contribution in [0.5, 0.6) is 17.2 Å². The summed E-state index contributed by atoms with van der Waals surface area (Å²) < 4.78 is 37.0. The second kappa shape index (κ2) is 11.7. The second-order valence-corrected chi connectivity index (χ2v) is 10.5. The fraction of sp³-hybridized carbons (Fsp3) is 0.323. The average molecular weight is 576 g/mol. The van der Waals surface area contributed by atoms with Crippen LogP contribution in [0, 0.1) is 5.82 Å². The maximum atomic E-state index is 14.0. The molecule has 3 aliphatic heterocycles. The molecule has 3 aromatic carbocycles. The number of fused-ring (bicyclic) bond motifs is 3. The first-order valence-corrected chi connectivity index (χ1v) is 13.8. The van der Waals surface area contributed by atoms with Crippen LogP contribution < -0.4 is 24.8 Å². The molecule has 0 aromatic heterocycles. The maximum absolute atomic E-state index is 14.0. The van der Waals surface area contributed by atoms with Crippen molar-refractivity contribution in [1.82, 2.24) is 10.2 Å². The zero-order chi connectivity index (χ0) is 29.2. The molecule has 0 radical (unpaired) electrons. The Morgan fingerprint density at radius 1 is 0.976 bits per heavy atom. The minimum Gasteiger partial charge on any atom is -0.490 e. The van der Waals surface area contributed by atoms with Crippen molar-refractivity contribution in [2.24, 2.45) is 0 Å². The molecule has 0 spiro atoms. The van der Waals surface area contributed by atoms with Gasteiger partial charge in [-0.05, 0) is 60.9 Å². The standard InChI is InChI=1S/C31H30FN3O7/c1-35-24-9-8-20(14-29(36)33-15-18-6-10-26-27(12-18)41-17-40-26)42-28(24)16-39-25-11-7-19(13-22(25)31(35)38)34-30(37)21-4-2-3-5-23(21)32/h2-7,10-13,20,24,28H,8-9,14-17H2,1H3,(H,33,36)(H,34,37)/t20-,24+,28+/m1/s1. The molecule has 3 amide bonds. The third-order valence-electron chi connectivity index (χ3n) is 7.73. The Morgan fingerprint density at radius 2 is 1.79 bits per heavy atom. The number of benzene rings is 3. The summed E-state index contributed by atoms with van der Waals surface area (Å²) in [5, 5.41) is 5.58. The van der Waals surface area contributed by atoms with Gasteiger partial charge in [0, 0.05) is 19.3 Å². The monoisotopic (exact) mass is 575 g/mol. The number of nitrogens with zero attached hydrogens (tertiary/aromatic N) is 1. The maximum Gasteiger partial charge on any atom is 0.258 e. The number of nitrogens with one attached hydrogen (secondary N) is 2. The normalized spacial score (nSPS) is 20.9. The average Bonchev–Trinajstić information content (AvgIpc) is 3.46. The third kappa shape index (κ3) is 5.73. The fourth-order valence-corrected chi connectivity index (χ4v) is 5.48. The van der Waals surface area contributed by atoms with Gasteiger partial charge in [0.2, 0.25) is 12.7 Å². The first kappa shape index (κ1) is 27.5. The lowest BCUT2D eigenvalue weighted by atomic mass is 9.94. The largest absolute Gasteiger partial charge is 0.490 e. The second-order valence-electron chi connectivity index (χ2n) is 10.5. The highest BCUT2D eigenvalue weighted by atomic mass is 19.1. The van der Waals surface area contributed by atoms with Crippen LogP contribution in [-0.2, 0) is 16.1 Å². The number of halogens is 1. The summed E-state index contributed by atoms with van der Waals surface area (Å²) >= 11 is 0. The molecule has 2 N–H and O–H groups in total. The van der Waals surface area contributed by atoms with Gasteiger partial charge in [0.05, 0.1) is 29.7 Å². The molecule has 0 unspecified atom stereocenters. The van der Waals surface area contributed by atoms with E-state index in [1.165, 1.54) is 24.3 Å². The van der Waals surface area contributed by atoms with Crippen molar-refractivity contribution in [1.29, 1.82) is 0 Å². The number of anilines is 1. The Bertz CT molecular complexity index is 1530. The molecule has 0 saturated carbocycles. The van der Waals surface area contributed by atoms with Crippen molar-refractivity contribution < 1.29 is 37.7 Å². The van der Waals surface area contributed by atoms with E-state index >= 15 is 0 Å². The van der Waals surface area contributed by atoms with Gasteiger partial charge < -0.3 is 34.5 Å². The fourth-order valence-electron chi connectivity index (χ4n) is 5.48. The quantitative estimate of drug-likeness (QED) is 0.458. The van der Waals surface area contributed by atoms with Crippen molar-refractivity contribution in [2.45, 2.75) is 44.1 Å². The van der Waals surface area contributed by atoms with Crippen LogP contribution in [0.2, 0.25) is 0 Å². The Balaban J connectivity index is 1.07. The van der Waals surface area contributed by atoms with Gasteiger partial charge in [0.15, 0.2) is 11.5 Å². The molecule has 10 nitrogen and oxygen atoms in total. The molecule has 1 saturated heterocycles. The molecule has 6 rings (SSSR count). The molecule has 3 aliphatic rings. The first-order valence-electron chi connectivity index (χ1n) is 13.8. The summed E-state index contributed by atoms with van der Waals surface area (Å²) in [6.07, 6.45) is 0.683. The molecule has 218 valence electrons. The highest BCUT2D eigenvalue weighted by Crippen LogP contribution is 2.34. The van der Waals surface area contributed by atoms with Crippen LogP contribution in [0.3, 0.4) is 0 Å². The summed E-state index contributed by atoms with van der Waals surface area (Å²) in [5.41, 5.74) is 1.44. The molecule has 11 heteroatoms. The Morgan fingerprint density at radius 3 is 2.64 bits per heavy atom. The molecule has 0 bridgehead atoms. The van der Waals surface area contributed by atoms with E-state index in [9.17, 15) is 18.8 Å². The molecular weight excluding hydrogens is 545 g/mol. The topological polar surface area (TPSA) is 115 Å². The summed E-state index contributed by atoms with van der Waals surface area (Å²) in [7, 11) is 1.71. The highest BCUT2D eigenvalue weighted by molar-refractivity contribution is 6.05. The van der Waals surface area contributed by atoms with Crippen molar-refractivity contribution in [3.8, 4) is 17.2 Å². The van der Waals surface area contributed by atoms with E-state index in [-0.39, 0.29) is 54.9 Å². The number of carbonyl (C=O) groups is 3. The molecule has 0 aliphatic carbocycles. The summed E-state index contributed by atoms with van der Waals surface area (Å²) in [6, 6.07) is 15.7. The number of hydrogen-bond donors (Lipinski definition) is 2. The van der Waals surface area contributed by atoms with Crippen molar-refractivity contribution in [3.63, 3.8) is 0 Å². The number of likely N-dealkylation sites (N-methyl/N-ethyl adjacent to an activating group) is 1. The van der Waals surface area contributed by atoms with E-state index in [0.29, 0.717) is 42.3 Å². The number of carbonyl (C=O) groups excluding carboxylic acids is 3. The Hall–Kier alpha value is -4.64. The number of amides is 3. The minimum atomic E-state index is -0.635. The van der Waals surface area contributed by atoms with Crippen LogP contribution in [-0.4, -0.2) is 61.3 Å². The van der Waals surface area contributed by atoms with Gasteiger partial charge >= 0.3 is 0 Å². The van der Waals surface area contributed by atoms with E-state index < -0.39 is 17.8 Å². The summed E-state index contributed by atoms with van der Waals surface area (Å²) in [5.74, 6) is 0.0249. The van der Waals surface area contributed by atoms with E-state index in [1.54, 1.807) is 30.1 Å².